The highest BCUT2D eigenvalue weighted by molar-refractivity contribution is 6.03. The fourth-order valence-corrected chi connectivity index (χ4v) is 2.59. The quantitative estimate of drug-likeness (QED) is 0.588. The summed E-state index contributed by atoms with van der Waals surface area (Å²) in [6, 6.07) is 16.3. The Kier molecular flexibility index (Phi) is 4.65. The first-order valence-electron chi connectivity index (χ1n) is 8.33. The molecule has 7 heteroatoms. The van der Waals surface area contributed by atoms with Crippen LogP contribution in [0, 0.1) is 0 Å². The van der Waals surface area contributed by atoms with Crippen LogP contribution in [0.2, 0.25) is 0 Å². The van der Waals surface area contributed by atoms with E-state index in [1.54, 1.807) is 36.8 Å². The zero-order chi connectivity index (χ0) is 18.5. The fourth-order valence-electron chi connectivity index (χ4n) is 2.59. The minimum absolute atomic E-state index is 0.272. The van der Waals surface area contributed by atoms with Gasteiger partial charge in [-0.3, -0.25) is 14.8 Å². The number of nitrogens with one attached hydrogen (secondary N) is 1. The lowest BCUT2D eigenvalue weighted by Crippen LogP contribution is -2.14. The van der Waals surface area contributed by atoms with Crippen molar-refractivity contribution in [1.82, 2.24) is 20.1 Å². The normalized spacial score (nSPS) is 10.5. The van der Waals surface area contributed by atoms with Crippen molar-refractivity contribution >= 4 is 11.6 Å². The number of anilines is 1. The van der Waals surface area contributed by atoms with Gasteiger partial charge in [0.05, 0.1) is 6.42 Å². The minimum Gasteiger partial charge on any atom is -0.339 e. The van der Waals surface area contributed by atoms with Crippen molar-refractivity contribution in [3.05, 3.63) is 90.3 Å². The van der Waals surface area contributed by atoms with E-state index in [2.05, 4.69) is 25.4 Å². The lowest BCUT2D eigenvalue weighted by molar-refractivity contribution is 0.102. The van der Waals surface area contributed by atoms with Gasteiger partial charge in [0.15, 0.2) is 0 Å². The molecule has 0 bridgehead atoms. The van der Waals surface area contributed by atoms with Crippen LogP contribution in [-0.2, 0) is 6.42 Å². The summed E-state index contributed by atoms with van der Waals surface area (Å²) in [6.45, 7) is 0. The molecule has 7 nitrogen and oxygen atoms in total. The van der Waals surface area contributed by atoms with E-state index in [0.717, 1.165) is 11.1 Å². The highest BCUT2D eigenvalue weighted by Crippen LogP contribution is 2.21. The molecule has 0 unspecified atom stereocenters. The minimum atomic E-state index is -0.272. The second-order valence-corrected chi connectivity index (χ2v) is 5.75. The zero-order valence-electron chi connectivity index (χ0n) is 14.2. The average Bonchev–Trinajstić information content (AvgIpc) is 3.19. The third-order valence-electron chi connectivity index (χ3n) is 3.91. The molecule has 4 aromatic rings. The molecule has 27 heavy (non-hydrogen) atoms. The van der Waals surface area contributed by atoms with Crippen LogP contribution in [0.3, 0.4) is 0 Å². The topological polar surface area (TPSA) is 93.8 Å². The Morgan fingerprint density at radius 3 is 2.59 bits per heavy atom. The van der Waals surface area contributed by atoms with E-state index in [0.29, 0.717) is 29.5 Å². The molecule has 3 heterocycles. The molecule has 1 N–H and O–H groups in total. The number of hydrogen-bond donors (Lipinski definition) is 1. The summed E-state index contributed by atoms with van der Waals surface area (Å²) in [5.74, 6) is 0.690. The lowest BCUT2D eigenvalue weighted by atomic mass is 10.1. The summed E-state index contributed by atoms with van der Waals surface area (Å²) in [7, 11) is 0. The van der Waals surface area contributed by atoms with Crippen LogP contribution in [0.15, 0.2) is 77.7 Å². The van der Waals surface area contributed by atoms with E-state index >= 15 is 0 Å². The van der Waals surface area contributed by atoms with Crippen molar-refractivity contribution in [2.45, 2.75) is 6.42 Å². The monoisotopic (exact) mass is 357 g/mol. The molecule has 132 valence electrons. The number of amides is 1. The summed E-state index contributed by atoms with van der Waals surface area (Å²) in [4.78, 5) is 24.8. The smallest absolute Gasteiger partial charge is 0.274 e. The predicted molar refractivity (Wildman–Crippen MR) is 99.0 cm³/mol. The molecule has 0 radical (unpaired) electrons. The van der Waals surface area contributed by atoms with Crippen LogP contribution in [0.5, 0.6) is 0 Å². The van der Waals surface area contributed by atoms with E-state index in [4.69, 9.17) is 4.52 Å². The van der Waals surface area contributed by atoms with Crippen LogP contribution in [-0.4, -0.2) is 26.0 Å². The Morgan fingerprint density at radius 2 is 1.78 bits per heavy atom. The van der Waals surface area contributed by atoms with Crippen molar-refractivity contribution in [2.24, 2.45) is 0 Å². The maximum atomic E-state index is 12.4. The molecule has 0 atom stereocenters. The summed E-state index contributed by atoms with van der Waals surface area (Å²) in [6.07, 6.45) is 5.33. The third kappa shape index (κ3) is 3.87. The molecule has 0 aliphatic heterocycles. The summed E-state index contributed by atoms with van der Waals surface area (Å²) < 4.78 is 5.36. The van der Waals surface area contributed by atoms with Crippen LogP contribution < -0.4 is 5.32 Å². The van der Waals surface area contributed by atoms with Gasteiger partial charge in [-0.2, -0.15) is 4.98 Å². The van der Waals surface area contributed by atoms with Gasteiger partial charge in [0.1, 0.15) is 5.69 Å². The highest BCUT2D eigenvalue weighted by atomic mass is 16.5. The van der Waals surface area contributed by atoms with Crippen molar-refractivity contribution in [2.75, 3.05) is 5.32 Å². The van der Waals surface area contributed by atoms with Crippen molar-refractivity contribution in [3.8, 4) is 11.4 Å². The maximum Gasteiger partial charge on any atom is 0.274 e. The number of rotatable bonds is 5. The molecule has 1 amide bonds. The summed E-state index contributed by atoms with van der Waals surface area (Å²) in [5, 5.41) is 6.90. The molecular formula is C20H15N5O2. The highest BCUT2D eigenvalue weighted by Gasteiger charge is 2.13. The molecule has 1 aromatic carbocycles. The molecule has 0 aliphatic carbocycles. The van der Waals surface area contributed by atoms with Gasteiger partial charge < -0.3 is 9.84 Å². The van der Waals surface area contributed by atoms with E-state index in [1.807, 2.05) is 36.4 Å². The Labute approximate surface area is 155 Å². The molecular weight excluding hydrogens is 342 g/mol. The van der Waals surface area contributed by atoms with Crippen molar-refractivity contribution in [3.63, 3.8) is 0 Å². The van der Waals surface area contributed by atoms with Gasteiger partial charge >= 0.3 is 0 Å². The number of carbonyl (C=O) groups excluding carboxylic acids is 1. The van der Waals surface area contributed by atoms with Gasteiger partial charge in [-0.25, -0.2) is 0 Å². The largest absolute Gasteiger partial charge is 0.339 e. The Hall–Kier alpha value is -3.87. The fraction of sp³-hybridized carbons (Fsp3) is 0.0500. The number of nitrogens with zero attached hydrogens (tertiary/aromatic N) is 4. The number of aromatic nitrogens is 4. The lowest BCUT2D eigenvalue weighted by Gasteiger charge is -2.09. The Balaban J connectivity index is 1.54. The number of hydrogen-bond acceptors (Lipinski definition) is 6. The SMILES string of the molecule is O=C(Nc1ccccc1Cc1nc(-c2ccncc2)no1)c1ccccn1. The summed E-state index contributed by atoms with van der Waals surface area (Å²) in [5.41, 5.74) is 2.73. The summed E-state index contributed by atoms with van der Waals surface area (Å²) >= 11 is 0. The van der Waals surface area contributed by atoms with Crippen LogP contribution in [0.4, 0.5) is 5.69 Å². The second-order valence-electron chi connectivity index (χ2n) is 5.75. The molecule has 0 spiro atoms. The molecule has 0 fully saturated rings. The molecule has 0 aliphatic rings. The molecule has 4 rings (SSSR count). The van der Waals surface area contributed by atoms with Gasteiger partial charge in [-0.05, 0) is 35.9 Å². The van der Waals surface area contributed by atoms with Gasteiger partial charge in [-0.1, -0.05) is 29.4 Å². The second kappa shape index (κ2) is 7.57. The first kappa shape index (κ1) is 16.6. The van der Waals surface area contributed by atoms with Crippen molar-refractivity contribution < 1.29 is 9.32 Å². The maximum absolute atomic E-state index is 12.4. The first-order chi connectivity index (χ1) is 13.3. The standard InChI is InChI=1S/C20H15N5O2/c26-20(17-7-3-4-10-22-17)23-16-6-2-1-5-15(16)13-18-24-19(25-27-18)14-8-11-21-12-9-14/h1-12H,13H2,(H,23,26). The molecule has 3 aromatic heterocycles. The first-order valence-corrected chi connectivity index (χ1v) is 8.33. The van der Waals surface area contributed by atoms with Crippen LogP contribution in [0.1, 0.15) is 21.9 Å². The Morgan fingerprint density at radius 1 is 0.963 bits per heavy atom. The number of para-hydroxylation sites is 1. The zero-order valence-corrected chi connectivity index (χ0v) is 14.2. The van der Waals surface area contributed by atoms with E-state index in [1.165, 1.54) is 0 Å². The number of carbonyl (C=O) groups is 1. The van der Waals surface area contributed by atoms with Crippen LogP contribution in [0.25, 0.3) is 11.4 Å². The third-order valence-corrected chi connectivity index (χ3v) is 3.91. The average molecular weight is 357 g/mol. The molecule has 0 saturated carbocycles. The van der Waals surface area contributed by atoms with E-state index in [-0.39, 0.29) is 5.91 Å². The van der Waals surface area contributed by atoms with E-state index in [9.17, 15) is 4.79 Å². The van der Waals surface area contributed by atoms with Gasteiger partial charge in [0.2, 0.25) is 11.7 Å². The Bertz CT molecular complexity index is 1050. The number of pyridine rings is 2. The van der Waals surface area contributed by atoms with Gasteiger partial charge in [0.25, 0.3) is 5.91 Å². The number of benzene rings is 1. The molecule has 0 saturated heterocycles. The predicted octanol–water partition coefficient (Wildman–Crippen LogP) is 3.37. The van der Waals surface area contributed by atoms with Crippen LogP contribution >= 0.6 is 0 Å². The van der Waals surface area contributed by atoms with E-state index < -0.39 is 0 Å². The van der Waals surface area contributed by atoms with Gasteiger partial charge in [0, 0.05) is 29.8 Å². The van der Waals surface area contributed by atoms with Crippen molar-refractivity contribution in [1.29, 1.82) is 0 Å². The van der Waals surface area contributed by atoms with Gasteiger partial charge in [-0.15, -0.1) is 0 Å².